The summed E-state index contributed by atoms with van der Waals surface area (Å²) in [5.41, 5.74) is 0. The van der Waals surface area contributed by atoms with E-state index in [9.17, 15) is 18.0 Å². The minimum Gasteiger partial charge on any atom is -0.494 e. The zero-order valence-corrected chi connectivity index (χ0v) is 10.7. The van der Waals surface area contributed by atoms with Gasteiger partial charge in [0.2, 0.25) is 5.91 Å². The largest absolute Gasteiger partial charge is 0.494 e. The molecule has 112 valence electrons. The molecule has 1 rings (SSSR count). The highest BCUT2D eigenvalue weighted by molar-refractivity contribution is 5.75. The molecule has 2 N–H and O–H groups in total. The zero-order chi connectivity index (χ0) is 15.0. The van der Waals surface area contributed by atoms with Gasteiger partial charge in [-0.1, -0.05) is 18.2 Å². The number of carbonyl (C=O) groups excluding carboxylic acids is 1. The monoisotopic (exact) mass is 291 g/mol. The van der Waals surface area contributed by atoms with Crippen molar-refractivity contribution in [3.8, 4) is 5.75 Å². The summed E-state index contributed by atoms with van der Waals surface area (Å²) in [7, 11) is 0. The Morgan fingerprint density at radius 2 is 1.95 bits per heavy atom. The van der Waals surface area contributed by atoms with Crippen LogP contribution in [0.15, 0.2) is 30.3 Å². The van der Waals surface area contributed by atoms with Gasteiger partial charge in [0.1, 0.15) is 5.75 Å². The van der Waals surface area contributed by atoms with E-state index < -0.39 is 24.7 Å². The third-order valence-corrected chi connectivity index (χ3v) is 2.43. The Morgan fingerprint density at radius 1 is 1.30 bits per heavy atom. The summed E-state index contributed by atoms with van der Waals surface area (Å²) in [6.07, 6.45) is -6.84. The molecule has 7 heteroatoms. The second kappa shape index (κ2) is 7.74. The van der Waals surface area contributed by atoms with Crippen LogP contribution in [0, 0.1) is 0 Å². The maximum Gasteiger partial charge on any atom is 0.416 e. The molecular weight excluding hydrogens is 275 g/mol. The highest BCUT2D eigenvalue weighted by Crippen LogP contribution is 2.19. The Balaban J connectivity index is 2.12. The molecule has 0 saturated heterocycles. The smallest absolute Gasteiger partial charge is 0.416 e. The summed E-state index contributed by atoms with van der Waals surface area (Å²) in [6, 6.07) is 8.98. The van der Waals surface area contributed by atoms with Gasteiger partial charge in [-0.05, 0) is 18.6 Å². The molecule has 4 nitrogen and oxygen atoms in total. The lowest BCUT2D eigenvalue weighted by Gasteiger charge is -2.14. The van der Waals surface area contributed by atoms with Crippen LogP contribution < -0.4 is 10.1 Å². The first-order valence-electron chi connectivity index (χ1n) is 6.09. The summed E-state index contributed by atoms with van der Waals surface area (Å²) in [4.78, 5) is 11.2. The van der Waals surface area contributed by atoms with E-state index in [0.717, 1.165) is 0 Å². The van der Waals surface area contributed by atoms with Crippen LogP contribution in [0.5, 0.6) is 5.75 Å². The second-order valence-electron chi connectivity index (χ2n) is 4.13. The van der Waals surface area contributed by atoms with Crippen LogP contribution in [0.3, 0.4) is 0 Å². The molecule has 0 aromatic heterocycles. The number of aliphatic hydroxyl groups is 1. The number of halogens is 3. The Labute approximate surface area is 114 Å². The van der Waals surface area contributed by atoms with E-state index in [1.54, 1.807) is 24.3 Å². The first-order valence-corrected chi connectivity index (χ1v) is 6.09. The standard InChI is InChI=1S/C13H16F3NO3/c14-13(15,16)11(18)9-17-12(19)7-4-8-20-10-5-2-1-3-6-10/h1-3,5-6,11,18H,4,7-9H2,(H,17,19). The minimum atomic E-state index is -4.72. The molecule has 0 heterocycles. The average Bonchev–Trinajstić information content (AvgIpc) is 2.41. The van der Waals surface area contributed by atoms with Gasteiger partial charge in [0, 0.05) is 6.42 Å². The molecular formula is C13H16F3NO3. The van der Waals surface area contributed by atoms with E-state index in [0.29, 0.717) is 18.8 Å². The molecule has 20 heavy (non-hydrogen) atoms. The van der Waals surface area contributed by atoms with Gasteiger partial charge in [0.15, 0.2) is 6.10 Å². The summed E-state index contributed by atoms with van der Waals surface area (Å²) < 4.78 is 41.2. The van der Waals surface area contributed by atoms with Crippen molar-refractivity contribution < 1.29 is 27.8 Å². The molecule has 0 saturated carbocycles. The number of rotatable bonds is 7. The van der Waals surface area contributed by atoms with E-state index in [1.807, 2.05) is 11.4 Å². The van der Waals surface area contributed by atoms with Crippen molar-refractivity contribution in [1.82, 2.24) is 5.32 Å². The number of para-hydroxylation sites is 1. The van der Waals surface area contributed by atoms with Gasteiger partial charge in [-0.15, -0.1) is 0 Å². The van der Waals surface area contributed by atoms with Crippen molar-refractivity contribution in [3.05, 3.63) is 30.3 Å². The number of ether oxygens (including phenoxy) is 1. The predicted octanol–water partition coefficient (Wildman–Crippen LogP) is 1.89. The van der Waals surface area contributed by atoms with Crippen molar-refractivity contribution in [2.45, 2.75) is 25.1 Å². The SMILES string of the molecule is O=C(CCCOc1ccccc1)NCC(O)C(F)(F)F. The van der Waals surface area contributed by atoms with E-state index in [4.69, 9.17) is 9.84 Å². The maximum atomic E-state index is 12.0. The third kappa shape index (κ3) is 6.42. The highest BCUT2D eigenvalue weighted by Gasteiger charge is 2.38. The summed E-state index contributed by atoms with van der Waals surface area (Å²) in [5.74, 6) is 0.116. The van der Waals surface area contributed by atoms with Crippen molar-refractivity contribution >= 4 is 5.91 Å². The fraction of sp³-hybridized carbons (Fsp3) is 0.462. The van der Waals surface area contributed by atoms with Gasteiger partial charge in [-0.2, -0.15) is 13.2 Å². The van der Waals surface area contributed by atoms with Crippen molar-refractivity contribution in [1.29, 1.82) is 0 Å². The number of hydrogen-bond donors (Lipinski definition) is 2. The van der Waals surface area contributed by atoms with E-state index in [-0.39, 0.29) is 6.42 Å². The van der Waals surface area contributed by atoms with Gasteiger partial charge in [0.25, 0.3) is 0 Å². The lowest BCUT2D eigenvalue weighted by Crippen LogP contribution is -2.40. The summed E-state index contributed by atoms with van der Waals surface area (Å²) in [5, 5.41) is 10.7. The van der Waals surface area contributed by atoms with Crippen LogP contribution in [-0.2, 0) is 4.79 Å². The molecule has 0 fully saturated rings. The van der Waals surface area contributed by atoms with Crippen LogP contribution >= 0.6 is 0 Å². The second-order valence-corrected chi connectivity index (χ2v) is 4.13. The van der Waals surface area contributed by atoms with Crippen LogP contribution in [0.25, 0.3) is 0 Å². The number of alkyl halides is 3. The Hall–Kier alpha value is -1.76. The third-order valence-electron chi connectivity index (χ3n) is 2.43. The van der Waals surface area contributed by atoms with Crippen molar-refractivity contribution in [2.24, 2.45) is 0 Å². The number of nitrogens with one attached hydrogen (secondary N) is 1. The zero-order valence-electron chi connectivity index (χ0n) is 10.7. The lowest BCUT2D eigenvalue weighted by molar-refractivity contribution is -0.201. The van der Waals surface area contributed by atoms with Crippen molar-refractivity contribution in [3.63, 3.8) is 0 Å². The maximum absolute atomic E-state index is 12.0. The Morgan fingerprint density at radius 3 is 2.55 bits per heavy atom. The van der Waals surface area contributed by atoms with E-state index in [1.165, 1.54) is 0 Å². The fourth-order valence-electron chi connectivity index (χ4n) is 1.35. The number of carbonyl (C=O) groups is 1. The van der Waals surface area contributed by atoms with Gasteiger partial charge in [0.05, 0.1) is 13.2 Å². The van der Waals surface area contributed by atoms with Gasteiger partial charge in [-0.25, -0.2) is 0 Å². The minimum absolute atomic E-state index is 0.0391. The fourth-order valence-corrected chi connectivity index (χ4v) is 1.35. The first kappa shape index (κ1) is 16.3. The van der Waals surface area contributed by atoms with Crippen molar-refractivity contribution in [2.75, 3.05) is 13.2 Å². The van der Waals surface area contributed by atoms with E-state index >= 15 is 0 Å². The van der Waals surface area contributed by atoms with Crippen LogP contribution in [0.1, 0.15) is 12.8 Å². The molecule has 0 aliphatic carbocycles. The lowest BCUT2D eigenvalue weighted by atomic mass is 10.3. The quantitative estimate of drug-likeness (QED) is 0.754. The highest BCUT2D eigenvalue weighted by atomic mass is 19.4. The normalized spacial score (nSPS) is 12.8. The topological polar surface area (TPSA) is 58.6 Å². The van der Waals surface area contributed by atoms with E-state index in [2.05, 4.69) is 0 Å². The Kier molecular flexibility index (Phi) is 6.30. The first-order chi connectivity index (χ1) is 9.39. The average molecular weight is 291 g/mol. The van der Waals surface area contributed by atoms with Crippen LogP contribution in [-0.4, -0.2) is 36.4 Å². The predicted molar refractivity (Wildman–Crippen MR) is 66.2 cm³/mol. The number of aliphatic hydroxyl groups excluding tert-OH is 1. The summed E-state index contributed by atoms with van der Waals surface area (Å²) in [6.45, 7) is -0.541. The molecule has 1 aromatic carbocycles. The summed E-state index contributed by atoms with van der Waals surface area (Å²) >= 11 is 0. The number of benzene rings is 1. The molecule has 1 atom stereocenters. The molecule has 0 bridgehead atoms. The van der Waals surface area contributed by atoms with Gasteiger partial charge in [-0.3, -0.25) is 4.79 Å². The van der Waals surface area contributed by atoms with Crippen LogP contribution in [0.4, 0.5) is 13.2 Å². The molecule has 1 unspecified atom stereocenters. The molecule has 0 radical (unpaired) electrons. The number of hydrogen-bond acceptors (Lipinski definition) is 3. The van der Waals surface area contributed by atoms with Crippen LogP contribution in [0.2, 0.25) is 0 Å². The molecule has 1 aromatic rings. The Bertz CT molecular complexity index is 409. The number of amides is 1. The molecule has 1 amide bonds. The molecule has 0 aliphatic rings. The molecule has 0 aliphatic heterocycles. The van der Waals surface area contributed by atoms with Gasteiger partial charge < -0.3 is 15.2 Å². The molecule has 0 spiro atoms. The van der Waals surface area contributed by atoms with Gasteiger partial charge >= 0.3 is 6.18 Å².